The number of rotatable bonds is 7. The van der Waals surface area contributed by atoms with Gasteiger partial charge in [-0.2, -0.15) is 0 Å². The van der Waals surface area contributed by atoms with E-state index in [1.54, 1.807) is 60.7 Å². The highest BCUT2D eigenvalue weighted by Crippen LogP contribution is 2.42. The Bertz CT molecular complexity index is 2070. The summed E-state index contributed by atoms with van der Waals surface area (Å²) in [6.07, 6.45) is 0. The number of methoxy groups -OCH3 is 2. The highest BCUT2D eigenvalue weighted by atomic mass is 16.5. The molecule has 44 heavy (non-hydrogen) atoms. The minimum atomic E-state index is -0.511. The Balaban J connectivity index is 1.38. The molecule has 0 aromatic heterocycles. The molecule has 0 heterocycles. The van der Waals surface area contributed by atoms with Crippen LogP contribution in [-0.2, 0) is 0 Å². The Hall–Kier alpha value is -6.02. The van der Waals surface area contributed by atoms with Gasteiger partial charge in [0.1, 0.15) is 23.0 Å². The highest BCUT2D eigenvalue weighted by Gasteiger charge is 2.22. The largest absolute Gasteiger partial charge is 0.507 e. The van der Waals surface area contributed by atoms with Gasteiger partial charge in [-0.1, -0.05) is 66.7 Å². The van der Waals surface area contributed by atoms with E-state index in [-0.39, 0.29) is 22.6 Å². The van der Waals surface area contributed by atoms with Gasteiger partial charge < -0.3 is 30.3 Å². The Morgan fingerprint density at radius 1 is 0.591 bits per heavy atom. The van der Waals surface area contributed by atoms with E-state index in [0.29, 0.717) is 34.0 Å². The number of hydrogen-bond acceptors (Lipinski definition) is 6. The van der Waals surface area contributed by atoms with Gasteiger partial charge in [-0.3, -0.25) is 9.59 Å². The van der Waals surface area contributed by atoms with Crippen LogP contribution in [0.15, 0.2) is 109 Å². The molecule has 6 aromatic rings. The summed E-state index contributed by atoms with van der Waals surface area (Å²) in [5.41, 5.74) is 2.02. The number of fused-ring (bicyclic) bond motifs is 2. The monoisotopic (exact) mass is 584 g/mol. The van der Waals surface area contributed by atoms with Crippen molar-refractivity contribution in [1.82, 2.24) is 0 Å². The normalized spacial score (nSPS) is 10.9. The van der Waals surface area contributed by atoms with E-state index in [9.17, 15) is 19.8 Å². The first kappa shape index (κ1) is 28.1. The van der Waals surface area contributed by atoms with Gasteiger partial charge in [-0.25, -0.2) is 0 Å². The lowest BCUT2D eigenvalue weighted by Gasteiger charge is -2.17. The number of nitrogens with one attached hydrogen (secondary N) is 2. The fourth-order valence-electron chi connectivity index (χ4n) is 5.29. The second-order valence-corrected chi connectivity index (χ2v) is 10.1. The Kier molecular flexibility index (Phi) is 7.47. The number of carbonyl (C=O) groups excluding carboxylic acids is 2. The van der Waals surface area contributed by atoms with Crippen LogP contribution in [0.4, 0.5) is 11.4 Å². The van der Waals surface area contributed by atoms with Crippen LogP contribution < -0.4 is 20.1 Å². The first-order valence-corrected chi connectivity index (χ1v) is 13.8. The molecule has 4 N–H and O–H groups in total. The third-order valence-corrected chi connectivity index (χ3v) is 7.47. The number of ether oxygens (including phenoxy) is 2. The van der Waals surface area contributed by atoms with Gasteiger partial charge in [0.05, 0.1) is 36.7 Å². The number of aromatic hydroxyl groups is 2. The number of anilines is 2. The van der Waals surface area contributed by atoms with Gasteiger partial charge in [0.15, 0.2) is 0 Å². The van der Waals surface area contributed by atoms with Crippen molar-refractivity contribution in [3.8, 4) is 34.1 Å². The number of carbonyl (C=O) groups is 2. The van der Waals surface area contributed by atoms with Crippen LogP contribution in [-0.4, -0.2) is 36.2 Å². The molecule has 0 aliphatic heterocycles. The molecule has 0 fully saturated rings. The van der Waals surface area contributed by atoms with Crippen molar-refractivity contribution in [2.45, 2.75) is 0 Å². The van der Waals surface area contributed by atoms with Crippen molar-refractivity contribution >= 4 is 44.7 Å². The molecule has 6 aromatic carbocycles. The number of phenols is 2. The molecule has 0 aliphatic rings. The summed E-state index contributed by atoms with van der Waals surface area (Å²) in [5, 5.41) is 30.8. The fourth-order valence-corrected chi connectivity index (χ4v) is 5.29. The summed E-state index contributed by atoms with van der Waals surface area (Å²) in [5.74, 6) is -0.565. The topological polar surface area (TPSA) is 117 Å². The van der Waals surface area contributed by atoms with Gasteiger partial charge in [0.25, 0.3) is 11.8 Å². The third kappa shape index (κ3) is 5.20. The lowest BCUT2D eigenvalue weighted by Crippen LogP contribution is -2.13. The quantitative estimate of drug-likeness (QED) is 0.154. The molecule has 0 radical (unpaired) electrons. The number of para-hydroxylation sites is 2. The summed E-state index contributed by atoms with van der Waals surface area (Å²) >= 11 is 0. The molecular formula is C36H28N2O6. The smallest absolute Gasteiger partial charge is 0.259 e. The SMILES string of the molecule is COc1cc(-c2c(O)c(C(=O)Nc3ccccc3OC)cc3ccccc23)ccc1NC(=O)c1cc2ccccc2cc1O. The maximum atomic E-state index is 13.5. The molecule has 0 aliphatic carbocycles. The summed E-state index contributed by atoms with van der Waals surface area (Å²) in [6.45, 7) is 0. The highest BCUT2D eigenvalue weighted by molar-refractivity contribution is 6.14. The lowest BCUT2D eigenvalue weighted by atomic mass is 9.93. The number of benzene rings is 6. The first-order chi connectivity index (χ1) is 21.4. The van der Waals surface area contributed by atoms with E-state index in [0.717, 1.165) is 21.5 Å². The van der Waals surface area contributed by atoms with Gasteiger partial charge >= 0.3 is 0 Å². The minimum absolute atomic E-state index is 0.0766. The standard InChI is InChI=1S/C36H28N2O6/c1-43-31-14-8-7-13-28(31)37-36(42)27-18-23-11-5-6-12-25(23)33(34(27)40)24-15-16-29(32(20-24)44-2)38-35(41)26-17-21-9-3-4-10-22(21)19-30(26)39/h3-20,39-40H,1-2H3,(H,37,42)(H,38,41). The van der Waals surface area contributed by atoms with Crippen molar-refractivity contribution < 1.29 is 29.3 Å². The third-order valence-electron chi connectivity index (χ3n) is 7.47. The Labute approximate surface area is 253 Å². The zero-order valence-electron chi connectivity index (χ0n) is 23.9. The lowest BCUT2D eigenvalue weighted by molar-refractivity contribution is 0.101. The molecular weight excluding hydrogens is 556 g/mol. The van der Waals surface area contributed by atoms with Crippen LogP contribution in [0.2, 0.25) is 0 Å². The molecule has 0 spiro atoms. The van der Waals surface area contributed by atoms with Crippen LogP contribution in [0.25, 0.3) is 32.7 Å². The summed E-state index contributed by atoms with van der Waals surface area (Å²) < 4.78 is 11.0. The molecule has 8 nitrogen and oxygen atoms in total. The van der Waals surface area contributed by atoms with Crippen LogP contribution in [0.1, 0.15) is 20.7 Å². The molecule has 0 saturated carbocycles. The predicted molar refractivity (Wildman–Crippen MR) is 172 cm³/mol. The van der Waals surface area contributed by atoms with Gasteiger partial charge in [0, 0.05) is 5.56 Å². The number of amides is 2. The second-order valence-electron chi connectivity index (χ2n) is 10.1. The second kappa shape index (κ2) is 11.7. The van der Waals surface area contributed by atoms with E-state index < -0.39 is 11.8 Å². The average molecular weight is 585 g/mol. The maximum Gasteiger partial charge on any atom is 0.259 e. The van der Waals surface area contributed by atoms with Crippen molar-refractivity contribution in [2.75, 3.05) is 24.9 Å². The first-order valence-electron chi connectivity index (χ1n) is 13.8. The molecule has 218 valence electrons. The van der Waals surface area contributed by atoms with Crippen molar-refractivity contribution in [3.63, 3.8) is 0 Å². The summed E-state index contributed by atoms with van der Waals surface area (Å²) in [6, 6.07) is 31.8. The zero-order chi connectivity index (χ0) is 30.8. The maximum absolute atomic E-state index is 13.5. The molecule has 2 amide bonds. The van der Waals surface area contributed by atoms with Crippen molar-refractivity contribution in [3.05, 3.63) is 120 Å². The van der Waals surface area contributed by atoms with Crippen LogP contribution in [0, 0.1) is 0 Å². The van der Waals surface area contributed by atoms with E-state index in [2.05, 4.69) is 10.6 Å². The van der Waals surface area contributed by atoms with Gasteiger partial charge in [-0.15, -0.1) is 0 Å². The van der Waals surface area contributed by atoms with E-state index in [4.69, 9.17) is 9.47 Å². The van der Waals surface area contributed by atoms with Gasteiger partial charge in [0.2, 0.25) is 0 Å². The number of phenolic OH excluding ortho intramolecular Hbond substituents is 2. The molecule has 0 saturated heterocycles. The van der Waals surface area contributed by atoms with Gasteiger partial charge in [-0.05, 0) is 69.6 Å². The molecule has 6 rings (SSSR count). The van der Waals surface area contributed by atoms with Crippen LogP contribution in [0.3, 0.4) is 0 Å². The zero-order valence-corrected chi connectivity index (χ0v) is 23.9. The number of hydrogen-bond donors (Lipinski definition) is 4. The minimum Gasteiger partial charge on any atom is -0.507 e. The van der Waals surface area contributed by atoms with E-state index in [1.807, 2.05) is 48.5 Å². The van der Waals surface area contributed by atoms with Crippen LogP contribution >= 0.6 is 0 Å². The molecule has 0 atom stereocenters. The Morgan fingerprint density at radius 2 is 1.16 bits per heavy atom. The predicted octanol–water partition coefficient (Wildman–Crippen LogP) is 7.59. The van der Waals surface area contributed by atoms with E-state index >= 15 is 0 Å². The summed E-state index contributed by atoms with van der Waals surface area (Å²) in [7, 11) is 2.98. The molecule has 0 unspecified atom stereocenters. The average Bonchev–Trinajstić information content (AvgIpc) is 3.04. The summed E-state index contributed by atoms with van der Waals surface area (Å²) in [4.78, 5) is 26.7. The Morgan fingerprint density at radius 3 is 1.89 bits per heavy atom. The fraction of sp³-hybridized carbons (Fsp3) is 0.0556. The molecule has 0 bridgehead atoms. The van der Waals surface area contributed by atoms with Crippen molar-refractivity contribution in [1.29, 1.82) is 0 Å². The van der Waals surface area contributed by atoms with Crippen LogP contribution in [0.5, 0.6) is 23.0 Å². The van der Waals surface area contributed by atoms with E-state index in [1.165, 1.54) is 14.2 Å². The van der Waals surface area contributed by atoms with Crippen molar-refractivity contribution in [2.24, 2.45) is 0 Å². The molecule has 8 heteroatoms.